The smallest absolute Gasteiger partial charge is 0.170 e. The minimum absolute atomic E-state index is 0.403. The molecule has 0 aliphatic carbocycles. The van der Waals surface area contributed by atoms with E-state index in [0.29, 0.717) is 12.6 Å². The minimum atomic E-state index is 0.403. The van der Waals surface area contributed by atoms with E-state index in [2.05, 4.69) is 73.2 Å². The molecule has 0 radical (unpaired) electrons. The fourth-order valence-corrected chi connectivity index (χ4v) is 2.17. The molecule has 0 atom stereocenters. The van der Waals surface area contributed by atoms with Gasteiger partial charge in [-0.15, -0.1) is 5.10 Å². The fraction of sp³-hybridized carbons (Fsp3) is 0.364. The molecule has 1 aromatic carbocycles. The molecule has 7 heteroatoms. The van der Waals surface area contributed by atoms with Crippen LogP contribution in [-0.2, 0) is 6.54 Å². The zero-order chi connectivity index (χ0) is 13.1. The molecule has 0 unspecified atom stereocenters. The van der Waals surface area contributed by atoms with Crippen molar-refractivity contribution in [3.05, 3.63) is 32.1 Å². The number of benzene rings is 1. The van der Waals surface area contributed by atoms with Crippen LogP contribution in [0.2, 0.25) is 0 Å². The van der Waals surface area contributed by atoms with Crippen LogP contribution in [0.4, 0.5) is 0 Å². The average Bonchev–Trinajstić information content (AvgIpc) is 2.78. The van der Waals surface area contributed by atoms with Crippen LogP contribution in [-0.4, -0.2) is 26.2 Å². The molecule has 96 valence electrons. The highest BCUT2D eigenvalue weighted by Gasteiger charge is 2.09. The summed E-state index contributed by atoms with van der Waals surface area (Å²) in [5.74, 6) is 0.807. The van der Waals surface area contributed by atoms with Gasteiger partial charge in [0.25, 0.3) is 0 Å². The monoisotopic (exact) mass is 421 g/mol. The number of tetrazole rings is 1. The summed E-state index contributed by atoms with van der Waals surface area (Å²) in [7, 11) is 0. The standard InChI is InChI=1S/C11H13BrIN5/c1-7(2)14-6-11-15-16-17-18(11)8-3-4-9(12)10(13)5-8/h3-5,7,14H,6H2,1-2H3. The minimum Gasteiger partial charge on any atom is -0.308 e. The van der Waals surface area contributed by atoms with Crippen molar-refractivity contribution >= 4 is 38.5 Å². The van der Waals surface area contributed by atoms with Gasteiger partial charge in [-0.05, 0) is 67.1 Å². The molecule has 2 rings (SSSR count). The summed E-state index contributed by atoms with van der Waals surface area (Å²) >= 11 is 5.75. The molecule has 18 heavy (non-hydrogen) atoms. The lowest BCUT2D eigenvalue weighted by Crippen LogP contribution is -2.24. The number of halogens is 2. The first-order chi connectivity index (χ1) is 8.58. The first-order valence-electron chi connectivity index (χ1n) is 5.54. The Hall–Kier alpha value is -0.540. The number of nitrogens with zero attached hydrogens (tertiary/aromatic N) is 4. The highest BCUT2D eigenvalue weighted by Crippen LogP contribution is 2.21. The van der Waals surface area contributed by atoms with Crippen molar-refractivity contribution in [1.29, 1.82) is 0 Å². The second-order valence-corrected chi connectivity index (χ2v) is 6.16. The number of hydrogen-bond acceptors (Lipinski definition) is 4. The first kappa shape index (κ1) is 13.9. The Morgan fingerprint density at radius 3 is 2.89 bits per heavy atom. The molecule has 0 fully saturated rings. The van der Waals surface area contributed by atoms with E-state index in [9.17, 15) is 0 Å². The third-order valence-electron chi connectivity index (χ3n) is 2.35. The van der Waals surface area contributed by atoms with Gasteiger partial charge in [-0.2, -0.15) is 4.68 Å². The maximum atomic E-state index is 4.04. The Kier molecular flexibility index (Phi) is 4.68. The largest absolute Gasteiger partial charge is 0.308 e. The van der Waals surface area contributed by atoms with E-state index in [1.165, 1.54) is 0 Å². The molecular weight excluding hydrogens is 409 g/mol. The van der Waals surface area contributed by atoms with Crippen LogP contribution in [0.15, 0.2) is 22.7 Å². The lowest BCUT2D eigenvalue weighted by Gasteiger charge is -2.09. The van der Waals surface area contributed by atoms with Crippen LogP contribution < -0.4 is 5.32 Å². The molecule has 2 aromatic rings. The molecule has 0 amide bonds. The second kappa shape index (κ2) is 6.07. The van der Waals surface area contributed by atoms with Crippen LogP contribution in [0.1, 0.15) is 19.7 Å². The number of nitrogens with one attached hydrogen (secondary N) is 1. The van der Waals surface area contributed by atoms with Gasteiger partial charge in [0.05, 0.1) is 12.2 Å². The van der Waals surface area contributed by atoms with Crippen LogP contribution >= 0.6 is 38.5 Å². The third-order valence-corrected chi connectivity index (χ3v) is 4.68. The topological polar surface area (TPSA) is 55.6 Å². The van der Waals surface area contributed by atoms with Gasteiger partial charge in [0, 0.05) is 14.1 Å². The average molecular weight is 422 g/mol. The molecule has 5 nitrogen and oxygen atoms in total. The van der Waals surface area contributed by atoms with E-state index in [1.807, 2.05) is 18.2 Å². The highest BCUT2D eigenvalue weighted by atomic mass is 127. The van der Waals surface area contributed by atoms with Gasteiger partial charge in [0.2, 0.25) is 0 Å². The van der Waals surface area contributed by atoms with Gasteiger partial charge in [0.1, 0.15) is 0 Å². The van der Waals surface area contributed by atoms with Crippen molar-refractivity contribution in [1.82, 2.24) is 25.5 Å². The van der Waals surface area contributed by atoms with E-state index in [1.54, 1.807) is 4.68 Å². The Balaban J connectivity index is 2.27. The molecule has 1 heterocycles. The maximum Gasteiger partial charge on any atom is 0.170 e. The first-order valence-corrected chi connectivity index (χ1v) is 7.41. The Bertz CT molecular complexity index is 540. The highest BCUT2D eigenvalue weighted by molar-refractivity contribution is 14.1. The van der Waals surface area contributed by atoms with E-state index < -0.39 is 0 Å². The SMILES string of the molecule is CC(C)NCc1nnnn1-c1ccc(Br)c(I)c1. The Labute approximate surface area is 128 Å². The molecule has 0 spiro atoms. The van der Waals surface area contributed by atoms with Gasteiger partial charge in [-0.1, -0.05) is 13.8 Å². The van der Waals surface area contributed by atoms with Crippen LogP contribution in [0.5, 0.6) is 0 Å². The van der Waals surface area contributed by atoms with Gasteiger partial charge in [-0.3, -0.25) is 0 Å². The zero-order valence-electron chi connectivity index (χ0n) is 10.1. The summed E-state index contributed by atoms with van der Waals surface area (Å²) in [6, 6.07) is 6.43. The molecular formula is C11H13BrIN5. The summed E-state index contributed by atoms with van der Waals surface area (Å²) in [4.78, 5) is 0. The quantitative estimate of drug-likeness (QED) is 0.770. The summed E-state index contributed by atoms with van der Waals surface area (Å²) in [6.45, 7) is 4.84. The van der Waals surface area contributed by atoms with Crippen LogP contribution in [0, 0.1) is 3.57 Å². The molecule has 1 N–H and O–H groups in total. The van der Waals surface area contributed by atoms with Crippen LogP contribution in [0.25, 0.3) is 5.69 Å². The Morgan fingerprint density at radius 1 is 1.44 bits per heavy atom. The molecule has 0 bridgehead atoms. The van der Waals surface area contributed by atoms with Gasteiger partial charge < -0.3 is 5.32 Å². The summed E-state index contributed by atoms with van der Waals surface area (Å²) < 4.78 is 3.95. The number of aromatic nitrogens is 4. The van der Waals surface area contributed by atoms with Crippen molar-refractivity contribution in [3.8, 4) is 5.69 Å². The molecule has 0 saturated carbocycles. The Morgan fingerprint density at radius 2 is 2.22 bits per heavy atom. The third kappa shape index (κ3) is 3.27. The molecule has 1 aromatic heterocycles. The van der Waals surface area contributed by atoms with Crippen molar-refractivity contribution < 1.29 is 0 Å². The van der Waals surface area contributed by atoms with E-state index in [0.717, 1.165) is 19.6 Å². The van der Waals surface area contributed by atoms with E-state index in [4.69, 9.17) is 0 Å². The zero-order valence-corrected chi connectivity index (χ0v) is 13.8. The van der Waals surface area contributed by atoms with Crippen molar-refractivity contribution in [2.75, 3.05) is 0 Å². The van der Waals surface area contributed by atoms with E-state index >= 15 is 0 Å². The number of hydrogen-bond donors (Lipinski definition) is 1. The summed E-state index contributed by atoms with van der Waals surface area (Å²) in [6.07, 6.45) is 0. The maximum absolute atomic E-state index is 4.04. The molecule has 0 aliphatic heterocycles. The molecule has 0 saturated heterocycles. The summed E-state index contributed by atoms with van der Waals surface area (Å²) in [5, 5.41) is 15.1. The normalized spacial score (nSPS) is 11.2. The van der Waals surface area contributed by atoms with Gasteiger partial charge in [-0.25, -0.2) is 0 Å². The van der Waals surface area contributed by atoms with Crippen LogP contribution in [0.3, 0.4) is 0 Å². The van der Waals surface area contributed by atoms with Crippen molar-refractivity contribution in [2.45, 2.75) is 26.4 Å². The van der Waals surface area contributed by atoms with Gasteiger partial charge in [0.15, 0.2) is 5.82 Å². The van der Waals surface area contributed by atoms with Crippen molar-refractivity contribution in [2.24, 2.45) is 0 Å². The van der Waals surface area contributed by atoms with E-state index in [-0.39, 0.29) is 0 Å². The predicted molar refractivity (Wildman–Crippen MR) is 81.5 cm³/mol. The predicted octanol–water partition coefficient (Wildman–Crippen LogP) is 2.53. The molecule has 0 aliphatic rings. The lowest BCUT2D eigenvalue weighted by atomic mass is 10.3. The fourth-order valence-electron chi connectivity index (χ4n) is 1.43. The lowest BCUT2D eigenvalue weighted by molar-refractivity contribution is 0.563. The second-order valence-electron chi connectivity index (χ2n) is 4.14. The summed E-state index contributed by atoms with van der Waals surface area (Å²) in [5.41, 5.74) is 0.966. The number of rotatable bonds is 4. The van der Waals surface area contributed by atoms with Crippen molar-refractivity contribution in [3.63, 3.8) is 0 Å². The van der Waals surface area contributed by atoms with Gasteiger partial charge >= 0.3 is 0 Å².